The first-order valence-electron chi connectivity index (χ1n) is 13.4. The summed E-state index contributed by atoms with van der Waals surface area (Å²) in [5.41, 5.74) is 4.61. The van der Waals surface area contributed by atoms with Crippen LogP contribution in [0.15, 0.2) is 108 Å². The highest BCUT2D eigenvalue weighted by Gasteiger charge is 2.18. The Morgan fingerprint density at radius 2 is 1.52 bits per heavy atom. The average molecular weight is 580 g/mol. The van der Waals surface area contributed by atoms with E-state index < -0.39 is 11.8 Å². The van der Waals surface area contributed by atoms with Crippen LogP contribution in [0.25, 0.3) is 6.08 Å². The molecule has 0 saturated carbocycles. The fourth-order valence-electron chi connectivity index (χ4n) is 4.14. The van der Waals surface area contributed by atoms with Gasteiger partial charge in [-0.2, -0.15) is 0 Å². The lowest BCUT2D eigenvalue weighted by molar-refractivity contribution is -0.115. The highest BCUT2D eigenvalue weighted by Crippen LogP contribution is 2.27. The van der Waals surface area contributed by atoms with Crippen LogP contribution in [0.1, 0.15) is 34.0 Å². The fraction of sp³-hybridized carbons (Fsp3) is 0.147. The minimum absolute atomic E-state index is 0.0588. The van der Waals surface area contributed by atoms with Crippen LogP contribution in [0, 0.1) is 13.8 Å². The monoisotopic (exact) mass is 579 g/mol. The lowest BCUT2D eigenvalue weighted by Gasteiger charge is -2.15. The van der Waals surface area contributed by atoms with E-state index in [0.717, 1.165) is 21.7 Å². The molecule has 0 heterocycles. The molecule has 4 aromatic carbocycles. The van der Waals surface area contributed by atoms with E-state index in [1.54, 1.807) is 61.7 Å². The van der Waals surface area contributed by atoms with Gasteiger partial charge >= 0.3 is 0 Å². The molecule has 1 unspecified atom stereocenters. The molecule has 0 spiro atoms. The highest BCUT2D eigenvalue weighted by atomic mass is 32.2. The molecule has 0 aliphatic carbocycles. The van der Waals surface area contributed by atoms with Crippen LogP contribution in [0.5, 0.6) is 5.75 Å². The quantitative estimate of drug-likeness (QED) is 0.141. The topological polar surface area (TPSA) is 96.5 Å². The minimum Gasteiger partial charge on any atom is -0.496 e. The van der Waals surface area contributed by atoms with Gasteiger partial charge < -0.3 is 20.7 Å². The number of hydrogen-bond acceptors (Lipinski definition) is 5. The molecule has 3 N–H and O–H groups in total. The van der Waals surface area contributed by atoms with Crippen molar-refractivity contribution in [3.8, 4) is 5.75 Å². The van der Waals surface area contributed by atoms with Crippen molar-refractivity contribution in [2.75, 3.05) is 17.7 Å². The molecule has 42 heavy (non-hydrogen) atoms. The molecule has 1 atom stereocenters. The Bertz CT molecular complexity index is 1600. The van der Waals surface area contributed by atoms with E-state index in [2.05, 4.69) is 16.0 Å². The molecule has 3 amide bonds. The summed E-state index contributed by atoms with van der Waals surface area (Å²) in [7, 11) is 1.54. The lowest BCUT2D eigenvalue weighted by Crippen LogP contribution is -2.30. The maximum atomic E-state index is 13.4. The van der Waals surface area contributed by atoms with E-state index in [9.17, 15) is 14.4 Å². The summed E-state index contributed by atoms with van der Waals surface area (Å²) in [6.07, 6.45) is 1.58. The molecular weight excluding hydrogens is 546 g/mol. The Morgan fingerprint density at radius 3 is 2.21 bits per heavy atom. The van der Waals surface area contributed by atoms with Crippen molar-refractivity contribution in [1.29, 1.82) is 0 Å². The number of hydrogen-bond donors (Lipinski definition) is 3. The van der Waals surface area contributed by atoms with Gasteiger partial charge in [-0.3, -0.25) is 14.4 Å². The van der Waals surface area contributed by atoms with Crippen LogP contribution < -0.4 is 20.7 Å². The number of carbonyl (C=O) groups is 3. The first-order chi connectivity index (χ1) is 20.2. The molecule has 4 rings (SSSR count). The van der Waals surface area contributed by atoms with Gasteiger partial charge in [0.1, 0.15) is 11.4 Å². The van der Waals surface area contributed by atoms with E-state index >= 15 is 0 Å². The maximum absolute atomic E-state index is 13.4. The summed E-state index contributed by atoms with van der Waals surface area (Å²) in [4.78, 5) is 39.9. The Labute approximate surface area is 250 Å². The van der Waals surface area contributed by atoms with E-state index in [0.29, 0.717) is 22.6 Å². The standard InChI is InChI=1S/C34H33N3O4S/c1-22-14-19-29(23(2)20-22)36-32(38)24(3)42-28-17-15-27(16-18-28)35-34(40)30(21-26-12-8-9-13-31(26)41-4)37-33(39)25-10-6-5-7-11-25/h5-21,24H,1-4H3,(H,35,40)(H,36,38)(H,37,39)/b30-21-. The smallest absolute Gasteiger partial charge is 0.272 e. The highest BCUT2D eigenvalue weighted by molar-refractivity contribution is 8.00. The van der Waals surface area contributed by atoms with Gasteiger partial charge in [0.25, 0.3) is 11.8 Å². The van der Waals surface area contributed by atoms with E-state index in [1.165, 1.54) is 11.8 Å². The summed E-state index contributed by atoms with van der Waals surface area (Å²) in [6, 6.07) is 29.0. The zero-order valence-electron chi connectivity index (χ0n) is 23.9. The van der Waals surface area contributed by atoms with Crippen molar-refractivity contribution in [2.45, 2.75) is 30.9 Å². The Hall–Kier alpha value is -4.82. The fourth-order valence-corrected chi connectivity index (χ4v) is 5.01. The van der Waals surface area contributed by atoms with Gasteiger partial charge in [-0.1, -0.05) is 54.1 Å². The van der Waals surface area contributed by atoms with Crippen molar-refractivity contribution in [3.63, 3.8) is 0 Å². The number of amides is 3. The Balaban J connectivity index is 1.45. The molecule has 0 radical (unpaired) electrons. The summed E-state index contributed by atoms with van der Waals surface area (Å²) in [5.74, 6) is -0.433. The van der Waals surface area contributed by atoms with Crippen LogP contribution >= 0.6 is 11.8 Å². The molecule has 7 nitrogen and oxygen atoms in total. The number of rotatable bonds is 10. The summed E-state index contributed by atoms with van der Waals surface area (Å²) in [5, 5.41) is 8.25. The van der Waals surface area contributed by atoms with Crippen LogP contribution in [0.4, 0.5) is 11.4 Å². The predicted octanol–water partition coefficient (Wildman–Crippen LogP) is 6.84. The molecular formula is C34H33N3O4S. The molecule has 0 aromatic heterocycles. The number of ether oxygens (including phenoxy) is 1. The SMILES string of the molecule is COc1ccccc1/C=C(\NC(=O)c1ccccc1)C(=O)Nc1ccc(SC(C)C(=O)Nc2ccc(C)cc2C)cc1. The van der Waals surface area contributed by atoms with Crippen molar-refractivity contribution in [1.82, 2.24) is 5.32 Å². The molecule has 0 aliphatic rings. The van der Waals surface area contributed by atoms with Gasteiger partial charge in [0.15, 0.2) is 0 Å². The van der Waals surface area contributed by atoms with Gasteiger partial charge in [0, 0.05) is 27.4 Å². The molecule has 0 aliphatic heterocycles. The first kappa shape index (κ1) is 30.1. The average Bonchev–Trinajstić information content (AvgIpc) is 2.99. The molecule has 0 bridgehead atoms. The van der Waals surface area contributed by atoms with Crippen LogP contribution in [-0.2, 0) is 9.59 Å². The van der Waals surface area contributed by atoms with Crippen LogP contribution in [-0.4, -0.2) is 30.1 Å². The molecule has 214 valence electrons. The minimum atomic E-state index is -0.494. The molecule has 8 heteroatoms. The van der Waals surface area contributed by atoms with Crippen molar-refractivity contribution >= 4 is 46.9 Å². The van der Waals surface area contributed by atoms with E-state index in [1.807, 2.05) is 69.3 Å². The zero-order chi connectivity index (χ0) is 30.1. The van der Waals surface area contributed by atoms with E-state index in [4.69, 9.17) is 4.74 Å². The number of benzene rings is 4. The second kappa shape index (κ2) is 14.2. The third kappa shape index (κ3) is 8.11. The number of nitrogens with one attached hydrogen (secondary N) is 3. The lowest BCUT2D eigenvalue weighted by atomic mass is 10.1. The number of methoxy groups -OCH3 is 1. The summed E-state index contributed by atoms with van der Waals surface area (Å²) >= 11 is 1.42. The Morgan fingerprint density at radius 1 is 0.833 bits per heavy atom. The van der Waals surface area contributed by atoms with Gasteiger partial charge in [-0.15, -0.1) is 11.8 Å². The zero-order valence-corrected chi connectivity index (χ0v) is 24.8. The Kier molecular flexibility index (Phi) is 10.2. The maximum Gasteiger partial charge on any atom is 0.272 e. The molecule has 4 aromatic rings. The van der Waals surface area contributed by atoms with Gasteiger partial charge in [0.2, 0.25) is 5.91 Å². The predicted molar refractivity (Wildman–Crippen MR) is 170 cm³/mol. The second-order valence-corrected chi connectivity index (χ2v) is 11.1. The van der Waals surface area contributed by atoms with E-state index in [-0.39, 0.29) is 16.9 Å². The summed E-state index contributed by atoms with van der Waals surface area (Å²) in [6.45, 7) is 5.84. The molecule has 0 fully saturated rings. The van der Waals surface area contributed by atoms with Crippen molar-refractivity contribution in [2.24, 2.45) is 0 Å². The normalized spacial score (nSPS) is 11.8. The largest absolute Gasteiger partial charge is 0.496 e. The number of thioether (sulfide) groups is 1. The van der Waals surface area contributed by atoms with Crippen LogP contribution in [0.3, 0.4) is 0 Å². The third-order valence-corrected chi connectivity index (χ3v) is 7.51. The number of carbonyl (C=O) groups excluding carboxylic acids is 3. The van der Waals surface area contributed by atoms with Gasteiger partial charge in [-0.25, -0.2) is 0 Å². The second-order valence-electron chi connectivity index (χ2n) is 9.67. The van der Waals surface area contributed by atoms with Crippen LogP contribution in [0.2, 0.25) is 0 Å². The van der Waals surface area contributed by atoms with Crippen molar-refractivity contribution in [3.05, 3.63) is 125 Å². The third-order valence-electron chi connectivity index (χ3n) is 6.40. The molecule has 0 saturated heterocycles. The number of para-hydroxylation sites is 1. The number of anilines is 2. The van der Waals surface area contributed by atoms with Gasteiger partial charge in [-0.05, 0) is 80.9 Å². The first-order valence-corrected chi connectivity index (χ1v) is 14.3. The summed E-state index contributed by atoms with van der Waals surface area (Å²) < 4.78 is 5.42. The van der Waals surface area contributed by atoms with Crippen molar-refractivity contribution < 1.29 is 19.1 Å². The van der Waals surface area contributed by atoms with Gasteiger partial charge in [0.05, 0.1) is 12.4 Å². The number of aryl methyl sites for hydroxylation is 2.